The highest BCUT2D eigenvalue weighted by Crippen LogP contribution is 2.34. The van der Waals surface area contributed by atoms with Crippen LogP contribution in [0, 0.1) is 0 Å². The number of carbonyl (C=O) groups excluding carboxylic acids is 1. The maximum atomic E-state index is 12.9. The van der Waals surface area contributed by atoms with Crippen LogP contribution < -0.4 is 9.64 Å². The van der Waals surface area contributed by atoms with Gasteiger partial charge in [0.15, 0.2) is 5.17 Å². The molecule has 1 aliphatic rings. The quantitative estimate of drug-likeness (QED) is 0.592. The number of aliphatic imine (C=N–C) groups is 1. The van der Waals surface area contributed by atoms with Gasteiger partial charge in [-0.15, -0.1) is 0 Å². The van der Waals surface area contributed by atoms with Crippen molar-refractivity contribution in [2.75, 3.05) is 32.1 Å². The predicted octanol–water partition coefficient (Wildman–Crippen LogP) is 5.17. The molecule has 5 nitrogen and oxygen atoms in total. The molecule has 0 atom stereocenters. The van der Waals surface area contributed by atoms with E-state index in [2.05, 4.69) is 24.0 Å². The van der Waals surface area contributed by atoms with E-state index in [1.807, 2.05) is 63.5 Å². The lowest BCUT2D eigenvalue weighted by molar-refractivity contribution is -0.122. The van der Waals surface area contributed by atoms with Crippen LogP contribution in [-0.4, -0.2) is 43.2 Å². The second-order valence-corrected chi connectivity index (χ2v) is 7.88. The second kappa shape index (κ2) is 9.65. The highest BCUT2D eigenvalue weighted by molar-refractivity contribution is 8.18. The standard InChI is InChI=1S/C23H27N3O2S/c1-5-15-26-22(27)21(16-17-7-11-19(12-8-17)25(3)4)29-23(26)24-18-9-13-20(14-10-18)28-6-2/h7-14,16H,5-6,15H2,1-4H3/b21-16-,24-23?. The Labute approximate surface area is 177 Å². The lowest BCUT2D eigenvalue weighted by Gasteiger charge is -2.14. The summed E-state index contributed by atoms with van der Waals surface area (Å²) < 4.78 is 5.48. The zero-order chi connectivity index (χ0) is 20.8. The smallest absolute Gasteiger partial charge is 0.266 e. The third-order valence-electron chi connectivity index (χ3n) is 4.42. The molecular formula is C23H27N3O2S. The van der Waals surface area contributed by atoms with Gasteiger partial charge in [-0.1, -0.05) is 19.1 Å². The molecule has 1 aliphatic heterocycles. The topological polar surface area (TPSA) is 45.1 Å². The molecule has 2 aromatic rings. The summed E-state index contributed by atoms with van der Waals surface area (Å²) in [6.45, 7) is 5.30. The predicted molar refractivity (Wildman–Crippen MR) is 123 cm³/mol. The van der Waals surface area contributed by atoms with Gasteiger partial charge in [-0.3, -0.25) is 9.69 Å². The maximum Gasteiger partial charge on any atom is 0.266 e. The van der Waals surface area contributed by atoms with Gasteiger partial charge < -0.3 is 9.64 Å². The Morgan fingerprint density at radius 1 is 1.07 bits per heavy atom. The van der Waals surface area contributed by atoms with Crippen molar-refractivity contribution in [1.29, 1.82) is 0 Å². The summed E-state index contributed by atoms with van der Waals surface area (Å²) in [5.41, 5.74) is 2.94. The first-order valence-electron chi connectivity index (χ1n) is 9.82. The molecule has 0 saturated carbocycles. The van der Waals surface area contributed by atoms with E-state index in [9.17, 15) is 4.79 Å². The van der Waals surface area contributed by atoms with Crippen LogP contribution in [0.25, 0.3) is 6.08 Å². The number of nitrogens with zero attached hydrogens (tertiary/aromatic N) is 3. The van der Waals surface area contributed by atoms with E-state index >= 15 is 0 Å². The molecule has 6 heteroatoms. The third-order valence-corrected chi connectivity index (χ3v) is 5.42. The van der Waals surface area contributed by atoms with Gasteiger partial charge in [0.2, 0.25) is 0 Å². The average molecular weight is 410 g/mol. The van der Waals surface area contributed by atoms with Crippen molar-refractivity contribution in [2.45, 2.75) is 20.3 Å². The molecule has 0 radical (unpaired) electrons. The fourth-order valence-electron chi connectivity index (χ4n) is 2.93. The second-order valence-electron chi connectivity index (χ2n) is 6.87. The van der Waals surface area contributed by atoms with Gasteiger partial charge in [0.1, 0.15) is 5.75 Å². The van der Waals surface area contributed by atoms with Gasteiger partial charge in [-0.05, 0) is 73.1 Å². The number of carbonyl (C=O) groups is 1. The Bertz CT molecular complexity index is 903. The van der Waals surface area contributed by atoms with Gasteiger partial charge in [0.25, 0.3) is 5.91 Å². The number of benzene rings is 2. The molecule has 1 amide bonds. The summed E-state index contributed by atoms with van der Waals surface area (Å²) in [6.07, 6.45) is 2.81. The summed E-state index contributed by atoms with van der Waals surface area (Å²) in [5, 5.41) is 0.720. The Kier molecular flexibility index (Phi) is 6.99. The molecule has 0 aromatic heterocycles. The molecule has 0 aliphatic carbocycles. The lowest BCUT2D eigenvalue weighted by atomic mass is 10.2. The minimum Gasteiger partial charge on any atom is -0.494 e. The largest absolute Gasteiger partial charge is 0.494 e. The van der Waals surface area contributed by atoms with E-state index in [1.54, 1.807) is 4.90 Å². The molecule has 1 saturated heterocycles. The highest BCUT2D eigenvalue weighted by atomic mass is 32.2. The Morgan fingerprint density at radius 3 is 2.34 bits per heavy atom. The summed E-state index contributed by atoms with van der Waals surface area (Å²) in [4.78, 5) is 22.2. The fourth-order valence-corrected chi connectivity index (χ4v) is 3.95. The zero-order valence-corrected chi connectivity index (χ0v) is 18.2. The van der Waals surface area contributed by atoms with E-state index in [1.165, 1.54) is 11.8 Å². The number of rotatable bonds is 7. The summed E-state index contributed by atoms with van der Waals surface area (Å²) in [5.74, 6) is 0.831. The number of amides is 1. The molecule has 0 bridgehead atoms. The van der Waals surface area contributed by atoms with Crippen LogP contribution in [0.4, 0.5) is 11.4 Å². The summed E-state index contributed by atoms with van der Waals surface area (Å²) in [6, 6.07) is 15.8. The van der Waals surface area contributed by atoms with Crippen LogP contribution in [-0.2, 0) is 4.79 Å². The first-order valence-corrected chi connectivity index (χ1v) is 10.6. The monoisotopic (exact) mass is 409 g/mol. The van der Waals surface area contributed by atoms with Crippen molar-refractivity contribution < 1.29 is 9.53 Å². The molecule has 152 valence electrons. The van der Waals surface area contributed by atoms with Crippen LogP contribution >= 0.6 is 11.8 Å². The Morgan fingerprint density at radius 2 is 1.76 bits per heavy atom. The van der Waals surface area contributed by atoms with Gasteiger partial charge in [-0.25, -0.2) is 4.99 Å². The third kappa shape index (κ3) is 5.21. The number of anilines is 1. The van der Waals surface area contributed by atoms with Crippen LogP contribution in [0.5, 0.6) is 5.75 Å². The highest BCUT2D eigenvalue weighted by Gasteiger charge is 2.32. The Hall–Kier alpha value is -2.73. The van der Waals surface area contributed by atoms with Crippen molar-refractivity contribution in [2.24, 2.45) is 4.99 Å². The maximum absolute atomic E-state index is 12.9. The molecule has 0 unspecified atom stereocenters. The van der Waals surface area contributed by atoms with Crippen molar-refractivity contribution in [3.8, 4) is 5.75 Å². The molecular weight excluding hydrogens is 382 g/mol. The van der Waals surface area contributed by atoms with Gasteiger partial charge >= 0.3 is 0 Å². The summed E-state index contributed by atoms with van der Waals surface area (Å²) in [7, 11) is 4.02. The number of hydrogen-bond acceptors (Lipinski definition) is 5. The van der Waals surface area contributed by atoms with E-state index in [0.717, 1.165) is 34.3 Å². The SMILES string of the molecule is CCCN1C(=O)/C(=C/c2ccc(N(C)C)cc2)SC1=Nc1ccc(OCC)cc1. The number of hydrogen-bond donors (Lipinski definition) is 0. The van der Waals surface area contributed by atoms with Gasteiger partial charge in [0.05, 0.1) is 17.2 Å². The molecule has 0 N–H and O–H groups in total. The summed E-state index contributed by atoms with van der Waals surface area (Å²) >= 11 is 1.43. The van der Waals surface area contributed by atoms with Crippen LogP contribution in [0.2, 0.25) is 0 Å². The number of amidine groups is 1. The normalized spacial score (nSPS) is 16.7. The molecule has 0 spiro atoms. The number of thioether (sulfide) groups is 1. The van der Waals surface area contributed by atoms with E-state index in [-0.39, 0.29) is 5.91 Å². The first-order chi connectivity index (χ1) is 14.0. The van der Waals surface area contributed by atoms with Gasteiger partial charge in [-0.2, -0.15) is 0 Å². The average Bonchev–Trinajstić information content (AvgIpc) is 2.99. The van der Waals surface area contributed by atoms with Crippen molar-refractivity contribution in [3.63, 3.8) is 0 Å². The van der Waals surface area contributed by atoms with Gasteiger partial charge in [0, 0.05) is 26.3 Å². The fraction of sp³-hybridized carbons (Fsp3) is 0.304. The van der Waals surface area contributed by atoms with Crippen LogP contribution in [0.15, 0.2) is 58.4 Å². The first kappa shape index (κ1) is 21.0. The van der Waals surface area contributed by atoms with E-state index in [4.69, 9.17) is 9.73 Å². The molecule has 2 aromatic carbocycles. The van der Waals surface area contributed by atoms with E-state index in [0.29, 0.717) is 18.1 Å². The molecule has 3 rings (SSSR count). The minimum atomic E-state index is 0.0122. The van der Waals surface area contributed by atoms with Crippen LogP contribution in [0.3, 0.4) is 0 Å². The minimum absolute atomic E-state index is 0.0122. The molecule has 29 heavy (non-hydrogen) atoms. The van der Waals surface area contributed by atoms with Crippen LogP contribution in [0.1, 0.15) is 25.8 Å². The Balaban J connectivity index is 1.85. The zero-order valence-electron chi connectivity index (χ0n) is 17.4. The molecule has 1 heterocycles. The lowest BCUT2D eigenvalue weighted by Crippen LogP contribution is -2.29. The van der Waals surface area contributed by atoms with Crippen molar-refractivity contribution >= 4 is 40.3 Å². The number of ether oxygens (including phenoxy) is 1. The molecule has 1 fully saturated rings. The van der Waals surface area contributed by atoms with Crippen molar-refractivity contribution in [1.82, 2.24) is 4.90 Å². The van der Waals surface area contributed by atoms with Crippen molar-refractivity contribution in [3.05, 3.63) is 59.0 Å². The van der Waals surface area contributed by atoms with E-state index < -0.39 is 0 Å².